The zero-order valence-corrected chi connectivity index (χ0v) is 8.83. The molecule has 0 fully saturated rings. The molecule has 0 spiro atoms. The van der Waals surface area contributed by atoms with Crippen LogP contribution in [-0.4, -0.2) is 11.0 Å². The lowest BCUT2D eigenvalue weighted by Crippen LogP contribution is -2.10. The Hall–Kier alpha value is -1.05. The van der Waals surface area contributed by atoms with Gasteiger partial charge in [0, 0.05) is 23.6 Å². The summed E-state index contributed by atoms with van der Waals surface area (Å²) < 4.78 is 0. The zero-order valence-electron chi connectivity index (χ0n) is 8.83. The molecule has 0 atom stereocenters. The molecule has 0 unspecified atom stereocenters. The first-order chi connectivity index (χ1) is 6.09. The SMILES string of the molecule is CC(C)Nc1ccnc(C(C)C)c1. The van der Waals surface area contributed by atoms with Gasteiger partial charge in [-0.2, -0.15) is 0 Å². The highest BCUT2D eigenvalue weighted by Gasteiger charge is 2.01. The molecular formula is C11H18N2. The molecule has 0 radical (unpaired) electrons. The predicted molar refractivity (Wildman–Crippen MR) is 57.1 cm³/mol. The molecule has 0 saturated carbocycles. The maximum absolute atomic E-state index is 4.31. The summed E-state index contributed by atoms with van der Waals surface area (Å²) in [5, 5.41) is 3.36. The Morgan fingerprint density at radius 3 is 2.46 bits per heavy atom. The third-order valence-corrected chi connectivity index (χ3v) is 1.83. The molecule has 0 saturated heterocycles. The minimum Gasteiger partial charge on any atom is -0.383 e. The summed E-state index contributed by atoms with van der Waals surface area (Å²) in [4.78, 5) is 4.31. The van der Waals surface area contributed by atoms with E-state index in [0.29, 0.717) is 12.0 Å². The van der Waals surface area contributed by atoms with Gasteiger partial charge in [-0.1, -0.05) is 13.8 Å². The molecular weight excluding hydrogens is 160 g/mol. The normalized spacial score (nSPS) is 10.9. The Morgan fingerprint density at radius 1 is 1.23 bits per heavy atom. The van der Waals surface area contributed by atoms with E-state index in [-0.39, 0.29) is 0 Å². The van der Waals surface area contributed by atoms with Crippen LogP contribution in [0.3, 0.4) is 0 Å². The van der Waals surface area contributed by atoms with Gasteiger partial charge in [0.25, 0.3) is 0 Å². The van der Waals surface area contributed by atoms with E-state index in [1.807, 2.05) is 12.3 Å². The van der Waals surface area contributed by atoms with Crippen molar-refractivity contribution in [3.63, 3.8) is 0 Å². The Bertz CT molecular complexity index is 267. The third-order valence-electron chi connectivity index (χ3n) is 1.83. The van der Waals surface area contributed by atoms with Crippen LogP contribution < -0.4 is 5.32 Å². The van der Waals surface area contributed by atoms with E-state index in [2.05, 4.69) is 44.1 Å². The number of anilines is 1. The highest BCUT2D eigenvalue weighted by Crippen LogP contribution is 2.16. The summed E-state index contributed by atoms with van der Waals surface area (Å²) in [7, 11) is 0. The van der Waals surface area contributed by atoms with Crippen LogP contribution in [0.5, 0.6) is 0 Å². The maximum atomic E-state index is 4.31. The van der Waals surface area contributed by atoms with E-state index in [1.165, 1.54) is 0 Å². The summed E-state index contributed by atoms with van der Waals surface area (Å²) in [6, 6.07) is 4.60. The Morgan fingerprint density at radius 2 is 1.92 bits per heavy atom. The Labute approximate surface area is 80.4 Å². The van der Waals surface area contributed by atoms with Gasteiger partial charge in [-0.15, -0.1) is 0 Å². The molecule has 2 heteroatoms. The molecule has 0 aliphatic rings. The number of hydrogen-bond donors (Lipinski definition) is 1. The molecule has 0 aliphatic carbocycles. The number of hydrogen-bond acceptors (Lipinski definition) is 2. The number of aromatic nitrogens is 1. The largest absolute Gasteiger partial charge is 0.383 e. The second-order valence-corrected chi connectivity index (χ2v) is 3.92. The first-order valence-corrected chi connectivity index (χ1v) is 4.82. The van der Waals surface area contributed by atoms with Gasteiger partial charge in [0.2, 0.25) is 0 Å². The fourth-order valence-corrected chi connectivity index (χ4v) is 1.19. The van der Waals surface area contributed by atoms with Crippen LogP contribution in [0.4, 0.5) is 5.69 Å². The molecule has 13 heavy (non-hydrogen) atoms. The lowest BCUT2D eigenvalue weighted by atomic mass is 10.1. The average Bonchev–Trinajstić information content (AvgIpc) is 2.03. The minimum atomic E-state index is 0.474. The summed E-state index contributed by atoms with van der Waals surface area (Å²) in [5.74, 6) is 0.494. The maximum Gasteiger partial charge on any atom is 0.0449 e. The second kappa shape index (κ2) is 4.26. The molecule has 0 aromatic carbocycles. The van der Waals surface area contributed by atoms with E-state index < -0.39 is 0 Å². The second-order valence-electron chi connectivity index (χ2n) is 3.92. The number of rotatable bonds is 3. The van der Waals surface area contributed by atoms with Crippen LogP contribution >= 0.6 is 0 Å². The Kier molecular flexibility index (Phi) is 3.29. The highest BCUT2D eigenvalue weighted by molar-refractivity contribution is 5.44. The van der Waals surface area contributed by atoms with Gasteiger partial charge in [-0.3, -0.25) is 4.98 Å². The molecule has 0 amide bonds. The van der Waals surface area contributed by atoms with Gasteiger partial charge in [0.1, 0.15) is 0 Å². The molecule has 2 nitrogen and oxygen atoms in total. The van der Waals surface area contributed by atoms with E-state index in [1.54, 1.807) is 0 Å². The van der Waals surface area contributed by atoms with Crippen LogP contribution in [0.25, 0.3) is 0 Å². The molecule has 1 rings (SSSR count). The van der Waals surface area contributed by atoms with Gasteiger partial charge in [-0.05, 0) is 31.9 Å². The smallest absolute Gasteiger partial charge is 0.0449 e. The quantitative estimate of drug-likeness (QED) is 0.769. The van der Waals surface area contributed by atoms with E-state index in [4.69, 9.17) is 0 Å². The summed E-state index contributed by atoms with van der Waals surface area (Å²) >= 11 is 0. The van der Waals surface area contributed by atoms with Crippen molar-refractivity contribution in [2.45, 2.75) is 39.7 Å². The first-order valence-electron chi connectivity index (χ1n) is 4.82. The van der Waals surface area contributed by atoms with Gasteiger partial charge in [0.05, 0.1) is 0 Å². The van der Waals surface area contributed by atoms with Gasteiger partial charge in [0.15, 0.2) is 0 Å². The van der Waals surface area contributed by atoms with Crippen molar-refractivity contribution >= 4 is 5.69 Å². The van der Waals surface area contributed by atoms with Gasteiger partial charge < -0.3 is 5.32 Å². The first kappa shape index (κ1) is 10.0. The standard InChI is InChI=1S/C11H18N2/c1-8(2)11-7-10(5-6-12-11)13-9(3)4/h5-9H,1-4H3,(H,12,13). The van der Waals surface area contributed by atoms with E-state index in [0.717, 1.165) is 11.4 Å². The van der Waals surface area contributed by atoms with Crippen LogP contribution in [0.1, 0.15) is 39.3 Å². The summed E-state index contributed by atoms with van der Waals surface area (Å²) in [6.07, 6.45) is 1.86. The summed E-state index contributed by atoms with van der Waals surface area (Å²) in [6.45, 7) is 8.58. The van der Waals surface area contributed by atoms with Crippen LogP contribution in [0, 0.1) is 0 Å². The highest BCUT2D eigenvalue weighted by atomic mass is 14.9. The van der Waals surface area contributed by atoms with Crippen molar-refractivity contribution in [3.8, 4) is 0 Å². The lowest BCUT2D eigenvalue weighted by molar-refractivity contribution is 0.820. The van der Waals surface area contributed by atoms with Crippen molar-refractivity contribution in [1.29, 1.82) is 0 Å². The molecule has 1 aromatic rings. The Balaban J connectivity index is 2.79. The molecule has 0 bridgehead atoms. The zero-order chi connectivity index (χ0) is 9.84. The fraction of sp³-hybridized carbons (Fsp3) is 0.545. The van der Waals surface area contributed by atoms with Crippen LogP contribution in [0.2, 0.25) is 0 Å². The van der Waals surface area contributed by atoms with Crippen molar-refractivity contribution in [1.82, 2.24) is 4.98 Å². The van der Waals surface area contributed by atoms with E-state index >= 15 is 0 Å². The monoisotopic (exact) mass is 178 g/mol. The molecule has 72 valence electrons. The molecule has 1 aromatic heterocycles. The number of nitrogens with one attached hydrogen (secondary N) is 1. The summed E-state index contributed by atoms with van der Waals surface area (Å²) in [5.41, 5.74) is 2.30. The van der Waals surface area contributed by atoms with Crippen molar-refractivity contribution in [3.05, 3.63) is 24.0 Å². The molecule has 1 N–H and O–H groups in total. The molecule has 0 aliphatic heterocycles. The average molecular weight is 178 g/mol. The van der Waals surface area contributed by atoms with Crippen LogP contribution in [0.15, 0.2) is 18.3 Å². The number of pyridine rings is 1. The molecule has 1 heterocycles. The van der Waals surface area contributed by atoms with Crippen LogP contribution in [-0.2, 0) is 0 Å². The van der Waals surface area contributed by atoms with Crippen molar-refractivity contribution in [2.24, 2.45) is 0 Å². The predicted octanol–water partition coefficient (Wildman–Crippen LogP) is 3.03. The van der Waals surface area contributed by atoms with Gasteiger partial charge in [-0.25, -0.2) is 0 Å². The topological polar surface area (TPSA) is 24.9 Å². The van der Waals surface area contributed by atoms with Gasteiger partial charge >= 0.3 is 0 Å². The number of nitrogens with zero attached hydrogens (tertiary/aromatic N) is 1. The third kappa shape index (κ3) is 3.05. The van der Waals surface area contributed by atoms with Crippen molar-refractivity contribution < 1.29 is 0 Å². The van der Waals surface area contributed by atoms with Crippen molar-refractivity contribution in [2.75, 3.05) is 5.32 Å². The van der Waals surface area contributed by atoms with E-state index in [9.17, 15) is 0 Å². The fourth-order valence-electron chi connectivity index (χ4n) is 1.19. The minimum absolute atomic E-state index is 0.474. The lowest BCUT2D eigenvalue weighted by Gasteiger charge is -2.11.